The molecule has 0 saturated heterocycles. The van der Waals surface area contributed by atoms with E-state index in [0.29, 0.717) is 12.0 Å². The molecule has 1 heterocycles. The normalized spacial score (nSPS) is 13.2. The lowest BCUT2D eigenvalue weighted by Crippen LogP contribution is -2.45. The number of nitrogens with one attached hydrogen (secondary N) is 1. The summed E-state index contributed by atoms with van der Waals surface area (Å²) in [5, 5.41) is 2.92. The van der Waals surface area contributed by atoms with Crippen LogP contribution >= 0.6 is 0 Å². The summed E-state index contributed by atoms with van der Waals surface area (Å²) in [5.41, 5.74) is 4.76. The summed E-state index contributed by atoms with van der Waals surface area (Å²) in [6.45, 7) is 0. The van der Waals surface area contributed by atoms with Crippen LogP contribution in [0.25, 0.3) is 11.1 Å². The molecule has 35 heavy (non-hydrogen) atoms. The zero-order chi connectivity index (χ0) is 24.3. The van der Waals surface area contributed by atoms with Gasteiger partial charge in [0.25, 0.3) is 0 Å². The van der Waals surface area contributed by atoms with Crippen molar-refractivity contribution in [2.24, 2.45) is 0 Å². The van der Waals surface area contributed by atoms with E-state index in [4.69, 9.17) is 4.74 Å². The van der Waals surface area contributed by atoms with E-state index in [1.54, 1.807) is 7.05 Å². The van der Waals surface area contributed by atoms with Gasteiger partial charge in [0.1, 0.15) is 16.9 Å². The maximum Gasteiger partial charge on any atom is 0.235 e. The van der Waals surface area contributed by atoms with Crippen molar-refractivity contribution in [3.63, 3.8) is 0 Å². The Morgan fingerprint density at radius 2 is 1.51 bits per heavy atom. The first kappa shape index (κ1) is 22.6. The van der Waals surface area contributed by atoms with Crippen LogP contribution in [-0.4, -0.2) is 19.2 Å². The summed E-state index contributed by atoms with van der Waals surface area (Å²) >= 11 is 0. The molecule has 4 aromatic carbocycles. The summed E-state index contributed by atoms with van der Waals surface area (Å²) < 4.78 is 6.17. The number of benzene rings is 4. The van der Waals surface area contributed by atoms with Gasteiger partial charge in [0.05, 0.1) is 0 Å². The average molecular weight is 462 g/mol. The highest BCUT2D eigenvalue weighted by molar-refractivity contribution is 5.94. The predicted molar refractivity (Wildman–Crippen MR) is 138 cm³/mol. The number of aryl methyl sites for hydroxylation is 1. The molecule has 0 aliphatic carbocycles. The third-order valence-electron chi connectivity index (χ3n) is 6.87. The molecule has 1 N–H and O–H groups in total. The van der Waals surface area contributed by atoms with Crippen molar-refractivity contribution >= 4 is 12.2 Å². The standard InChI is InChI=1S/C31H27NO3/c1-32-30(34)31(26-15-4-6-17-28(26)35-29-18-7-5-16-27(29)31)19-9-11-22-10-8-13-23(20-22)25-14-3-2-12-24(25)21-33/h2-8,10,12-18,20-21H,9,11,19H2,1H3,(H,32,34). The monoisotopic (exact) mass is 461 g/mol. The molecule has 0 saturated carbocycles. The fourth-order valence-electron chi connectivity index (χ4n) is 5.24. The van der Waals surface area contributed by atoms with Gasteiger partial charge < -0.3 is 10.1 Å². The molecule has 1 aliphatic heterocycles. The average Bonchev–Trinajstić information content (AvgIpc) is 2.92. The molecule has 1 aliphatic rings. The smallest absolute Gasteiger partial charge is 0.235 e. The molecule has 4 heteroatoms. The molecule has 0 spiro atoms. The Morgan fingerprint density at radius 3 is 2.20 bits per heavy atom. The predicted octanol–water partition coefficient (Wildman–Crippen LogP) is 6.33. The Bertz CT molecular complexity index is 1350. The maximum absolute atomic E-state index is 13.6. The van der Waals surface area contributed by atoms with E-state index < -0.39 is 5.41 Å². The van der Waals surface area contributed by atoms with Crippen molar-refractivity contribution in [2.45, 2.75) is 24.7 Å². The van der Waals surface area contributed by atoms with Crippen molar-refractivity contribution in [1.82, 2.24) is 5.32 Å². The largest absolute Gasteiger partial charge is 0.457 e. The molecule has 0 aromatic heterocycles. The molecule has 0 fully saturated rings. The lowest BCUT2D eigenvalue weighted by molar-refractivity contribution is -0.125. The highest BCUT2D eigenvalue weighted by Gasteiger charge is 2.47. The Balaban J connectivity index is 1.47. The van der Waals surface area contributed by atoms with E-state index in [1.165, 1.54) is 5.56 Å². The Labute approximate surface area is 205 Å². The van der Waals surface area contributed by atoms with Gasteiger partial charge in [-0.3, -0.25) is 9.59 Å². The summed E-state index contributed by atoms with van der Waals surface area (Å²) in [5.74, 6) is 1.42. The molecular formula is C31H27NO3. The van der Waals surface area contributed by atoms with Gasteiger partial charge in [0, 0.05) is 23.7 Å². The Kier molecular flexibility index (Phi) is 6.19. The van der Waals surface area contributed by atoms with Crippen molar-refractivity contribution in [3.8, 4) is 22.6 Å². The highest BCUT2D eigenvalue weighted by atomic mass is 16.5. The molecule has 4 nitrogen and oxygen atoms in total. The van der Waals surface area contributed by atoms with Crippen molar-refractivity contribution in [2.75, 3.05) is 7.05 Å². The van der Waals surface area contributed by atoms with Crippen LogP contribution in [0.5, 0.6) is 11.5 Å². The van der Waals surface area contributed by atoms with E-state index >= 15 is 0 Å². The number of rotatable bonds is 7. The third-order valence-corrected chi connectivity index (χ3v) is 6.87. The first-order chi connectivity index (χ1) is 17.2. The number of likely N-dealkylation sites (N-methyl/N-ethyl adjacent to an activating group) is 1. The highest BCUT2D eigenvalue weighted by Crippen LogP contribution is 2.50. The van der Waals surface area contributed by atoms with Crippen molar-refractivity contribution in [1.29, 1.82) is 0 Å². The Hall–Kier alpha value is -4.18. The van der Waals surface area contributed by atoms with E-state index in [9.17, 15) is 9.59 Å². The second-order valence-corrected chi connectivity index (χ2v) is 8.84. The first-order valence-corrected chi connectivity index (χ1v) is 11.9. The number of hydrogen-bond donors (Lipinski definition) is 1. The zero-order valence-electron chi connectivity index (χ0n) is 19.7. The number of aldehydes is 1. The van der Waals surface area contributed by atoms with Crippen LogP contribution in [0.2, 0.25) is 0 Å². The molecule has 5 rings (SSSR count). The van der Waals surface area contributed by atoms with Crippen LogP contribution in [0.15, 0.2) is 97.1 Å². The van der Waals surface area contributed by atoms with E-state index in [1.807, 2.05) is 84.9 Å². The number of amides is 1. The van der Waals surface area contributed by atoms with Gasteiger partial charge in [-0.1, -0.05) is 84.9 Å². The van der Waals surface area contributed by atoms with Crippen LogP contribution in [-0.2, 0) is 16.6 Å². The third kappa shape index (κ3) is 4.01. The lowest BCUT2D eigenvalue weighted by atomic mass is 9.68. The second-order valence-electron chi connectivity index (χ2n) is 8.84. The van der Waals surface area contributed by atoms with E-state index in [-0.39, 0.29) is 5.91 Å². The SMILES string of the molecule is CNC(=O)C1(CCCc2cccc(-c3ccccc3C=O)c2)c2ccccc2Oc2ccccc21. The zero-order valence-corrected chi connectivity index (χ0v) is 19.7. The number of ether oxygens (including phenoxy) is 1. The van der Waals surface area contributed by atoms with Gasteiger partial charge in [-0.2, -0.15) is 0 Å². The summed E-state index contributed by atoms with van der Waals surface area (Å²) in [4.78, 5) is 25.1. The quantitative estimate of drug-likeness (QED) is 0.327. The van der Waals surface area contributed by atoms with E-state index in [0.717, 1.165) is 52.9 Å². The van der Waals surface area contributed by atoms with Crippen LogP contribution < -0.4 is 10.1 Å². The number of fused-ring (bicyclic) bond motifs is 2. The van der Waals surface area contributed by atoms with Gasteiger partial charge >= 0.3 is 0 Å². The van der Waals surface area contributed by atoms with Crippen molar-refractivity contribution in [3.05, 3.63) is 119 Å². The van der Waals surface area contributed by atoms with Crippen molar-refractivity contribution < 1.29 is 14.3 Å². The van der Waals surface area contributed by atoms with Gasteiger partial charge in [-0.05, 0) is 48.1 Å². The molecule has 0 atom stereocenters. The fraction of sp³-hybridized carbons (Fsp3) is 0.161. The molecule has 0 bridgehead atoms. The minimum absolute atomic E-state index is 0.0330. The number of carbonyl (C=O) groups excluding carboxylic acids is 2. The Morgan fingerprint density at radius 1 is 0.857 bits per heavy atom. The summed E-state index contributed by atoms with van der Waals surface area (Å²) in [6.07, 6.45) is 3.14. The molecule has 4 aromatic rings. The second kappa shape index (κ2) is 9.59. The van der Waals surface area contributed by atoms with Crippen LogP contribution in [0.1, 0.15) is 39.9 Å². The summed E-state index contributed by atoms with van der Waals surface area (Å²) in [7, 11) is 1.69. The lowest BCUT2D eigenvalue weighted by Gasteiger charge is -2.38. The topological polar surface area (TPSA) is 55.4 Å². The summed E-state index contributed by atoms with van der Waals surface area (Å²) in [6, 6.07) is 31.6. The fourth-order valence-corrected chi connectivity index (χ4v) is 5.24. The molecule has 1 amide bonds. The van der Waals surface area contributed by atoms with Gasteiger partial charge in [-0.15, -0.1) is 0 Å². The minimum Gasteiger partial charge on any atom is -0.457 e. The molecule has 0 unspecified atom stereocenters. The van der Waals surface area contributed by atoms with Crippen LogP contribution in [0.4, 0.5) is 0 Å². The van der Waals surface area contributed by atoms with Gasteiger partial charge in [0.15, 0.2) is 6.29 Å². The number of hydrogen-bond acceptors (Lipinski definition) is 3. The minimum atomic E-state index is -0.831. The van der Waals surface area contributed by atoms with Gasteiger partial charge in [-0.25, -0.2) is 0 Å². The number of carbonyl (C=O) groups is 2. The molecule has 174 valence electrons. The first-order valence-electron chi connectivity index (χ1n) is 11.9. The maximum atomic E-state index is 13.6. The van der Waals surface area contributed by atoms with Crippen LogP contribution in [0.3, 0.4) is 0 Å². The molecule has 0 radical (unpaired) electrons. The van der Waals surface area contributed by atoms with E-state index in [2.05, 4.69) is 17.4 Å². The van der Waals surface area contributed by atoms with Gasteiger partial charge in [0.2, 0.25) is 5.91 Å². The van der Waals surface area contributed by atoms with Crippen LogP contribution in [0, 0.1) is 0 Å². The molecular weight excluding hydrogens is 434 g/mol. The number of para-hydroxylation sites is 2.